The van der Waals surface area contributed by atoms with Crippen LogP contribution in [0.3, 0.4) is 0 Å². The Kier molecular flexibility index (Phi) is 8.47. The van der Waals surface area contributed by atoms with E-state index in [-0.39, 0.29) is 16.4 Å². The molecule has 11 heteroatoms. The van der Waals surface area contributed by atoms with Gasteiger partial charge in [-0.3, -0.25) is 14.9 Å². The summed E-state index contributed by atoms with van der Waals surface area (Å²) < 4.78 is 44.8. The Bertz CT molecular complexity index is 1250. The van der Waals surface area contributed by atoms with Crippen LogP contribution in [-0.4, -0.2) is 23.5 Å². The fraction of sp³-hybridized carbons (Fsp3) is 0.125. The van der Waals surface area contributed by atoms with Crippen molar-refractivity contribution in [1.82, 2.24) is 5.32 Å². The Labute approximate surface area is 213 Å². The molecule has 0 heterocycles. The average molecular weight is 566 g/mol. The van der Waals surface area contributed by atoms with E-state index >= 15 is 0 Å². The lowest BCUT2D eigenvalue weighted by atomic mass is 10.1. The highest BCUT2D eigenvalue weighted by molar-refractivity contribution is 9.10. The third-order valence-corrected chi connectivity index (χ3v) is 5.26. The van der Waals surface area contributed by atoms with Crippen LogP contribution < -0.4 is 20.7 Å². The van der Waals surface area contributed by atoms with Crippen LogP contribution in [0.1, 0.15) is 33.2 Å². The number of hydrogen-bond acceptors (Lipinski definition) is 4. The zero-order valence-corrected chi connectivity index (χ0v) is 20.6. The minimum Gasteiger partial charge on any atom is -0.493 e. The number of amides is 2. The number of carbonyl (C=O) groups is 2. The molecule has 3 N–H and O–H groups in total. The Morgan fingerprint density at radius 1 is 0.943 bits per heavy atom. The smallest absolute Gasteiger partial charge is 0.416 e. The molecule has 3 aromatic rings. The van der Waals surface area contributed by atoms with Gasteiger partial charge in [-0.15, -0.1) is 0 Å². The van der Waals surface area contributed by atoms with Gasteiger partial charge >= 0.3 is 6.18 Å². The number of carbonyl (C=O) groups excluding carboxylic acids is 2. The molecule has 0 spiro atoms. The van der Waals surface area contributed by atoms with Crippen LogP contribution in [0.5, 0.6) is 5.75 Å². The summed E-state index contributed by atoms with van der Waals surface area (Å²) in [6.07, 6.45) is -4.51. The molecule has 0 atom stereocenters. The quantitative estimate of drug-likeness (QED) is 0.308. The third kappa shape index (κ3) is 7.27. The van der Waals surface area contributed by atoms with Crippen molar-refractivity contribution >= 4 is 56.4 Å². The second-order valence-electron chi connectivity index (χ2n) is 7.09. The number of nitrogens with one attached hydrogen (secondary N) is 3. The van der Waals surface area contributed by atoms with Crippen LogP contribution in [0, 0.1) is 0 Å². The van der Waals surface area contributed by atoms with Crippen molar-refractivity contribution in [2.45, 2.75) is 13.1 Å². The molecule has 2 amide bonds. The van der Waals surface area contributed by atoms with Crippen LogP contribution in [-0.2, 0) is 6.18 Å². The van der Waals surface area contributed by atoms with E-state index < -0.39 is 23.6 Å². The van der Waals surface area contributed by atoms with E-state index in [9.17, 15) is 22.8 Å². The van der Waals surface area contributed by atoms with Crippen molar-refractivity contribution in [3.63, 3.8) is 0 Å². The SMILES string of the molecule is CCOc1ccc(Br)cc1C(=O)NC(=S)Nc1ccc(C(=O)Nc2cccc(C(F)(F)F)c2)cc1. The highest BCUT2D eigenvalue weighted by Crippen LogP contribution is 2.30. The van der Waals surface area contributed by atoms with Gasteiger partial charge in [0, 0.05) is 21.4 Å². The molecular formula is C24H19BrF3N3O3S. The third-order valence-electron chi connectivity index (χ3n) is 4.57. The molecule has 0 bridgehead atoms. The topological polar surface area (TPSA) is 79.5 Å². The van der Waals surface area contributed by atoms with E-state index in [1.54, 1.807) is 37.3 Å². The monoisotopic (exact) mass is 565 g/mol. The van der Waals surface area contributed by atoms with Crippen LogP contribution in [0.2, 0.25) is 0 Å². The first-order valence-electron chi connectivity index (χ1n) is 10.2. The molecule has 3 rings (SSSR count). The number of hydrogen-bond donors (Lipinski definition) is 3. The molecule has 0 saturated carbocycles. The van der Waals surface area contributed by atoms with Crippen LogP contribution in [0.15, 0.2) is 71.2 Å². The lowest BCUT2D eigenvalue weighted by Crippen LogP contribution is -2.34. The Morgan fingerprint density at radius 2 is 1.66 bits per heavy atom. The fourth-order valence-electron chi connectivity index (χ4n) is 2.98. The van der Waals surface area contributed by atoms with Gasteiger partial charge in [0.15, 0.2) is 5.11 Å². The zero-order chi connectivity index (χ0) is 25.6. The van der Waals surface area contributed by atoms with Crippen molar-refractivity contribution in [2.24, 2.45) is 0 Å². The van der Waals surface area contributed by atoms with Gasteiger partial charge in [-0.1, -0.05) is 22.0 Å². The molecule has 0 aromatic heterocycles. The first-order chi connectivity index (χ1) is 16.6. The van der Waals surface area contributed by atoms with Gasteiger partial charge in [-0.05, 0) is 79.8 Å². The Balaban J connectivity index is 1.61. The standard InChI is InChI=1S/C24H19BrF3N3O3S/c1-2-34-20-11-8-16(25)13-19(20)22(33)31-23(35)30-17-9-6-14(7-10-17)21(32)29-18-5-3-4-15(12-18)24(26,27)28/h3-13H,2H2,1H3,(H,29,32)(H2,30,31,33,35). The molecular weight excluding hydrogens is 547 g/mol. The molecule has 0 aliphatic heterocycles. The average Bonchev–Trinajstić information content (AvgIpc) is 2.80. The molecule has 0 unspecified atom stereocenters. The van der Waals surface area contributed by atoms with Crippen molar-refractivity contribution in [3.05, 3.63) is 87.9 Å². The number of benzene rings is 3. The maximum absolute atomic E-state index is 12.9. The van der Waals surface area contributed by atoms with Crippen molar-refractivity contribution < 1.29 is 27.5 Å². The second-order valence-corrected chi connectivity index (χ2v) is 8.42. The first kappa shape index (κ1) is 26.2. The van der Waals surface area contributed by atoms with Crippen molar-refractivity contribution in [1.29, 1.82) is 0 Å². The number of rotatable bonds is 6. The van der Waals surface area contributed by atoms with E-state index in [1.165, 1.54) is 24.3 Å². The van der Waals surface area contributed by atoms with Gasteiger partial charge in [-0.25, -0.2) is 0 Å². The summed E-state index contributed by atoms with van der Waals surface area (Å²) in [6, 6.07) is 15.4. The summed E-state index contributed by atoms with van der Waals surface area (Å²) in [6.45, 7) is 2.19. The number of thiocarbonyl (C=S) groups is 1. The van der Waals surface area contributed by atoms with Gasteiger partial charge in [0.05, 0.1) is 17.7 Å². The molecule has 182 valence electrons. The van der Waals surface area contributed by atoms with E-state index in [0.29, 0.717) is 28.1 Å². The van der Waals surface area contributed by atoms with Gasteiger partial charge < -0.3 is 15.4 Å². The molecule has 0 aliphatic rings. The summed E-state index contributed by atoms with van der Waals surface area (Å²) in [5.41, 5.74) is 0.173. The second kappa shape index (κ2) is 11.3. The van der Waals surface area contributed by atoms with E-state index in [2.05, 4.69) is 31.9 Å². The van der Waals surface area contributed by atoms with Crippen molar-refractivity contribution in [2.75, 3.05) is 17.2 Å². The summed E-state index contributed by atoms with van der Waals surface area (Å²) in [5, 5.41) is 7.87. The predicted molar refractivity (Wildman–Crippen MR) is 135 cm³/mol. The number of alkyl halides is 3. The molecule has 0 aliphatic carbocycles. The Morgan fingerprint density at radius 3 is 2.31 bits per heavy atom. The summed E-state index contributed by atoms with van der Waals surface area (Å²) >= 11 is 8.52. The minimum absolute atomic E-state index is 0.0230. The van der Waals surface area contributed by atoms with E-state index in [0.717, 1.165) is 12.1 Å². The minimum atomic E-state index is -4.51. The van der Waals surface area contributed by atoms with Crippen molar-refractivity contribution in [3.8, 4) is 5.75 Å². The van der Waals surface area contributed by atoms with Crippen LogP contribution in [0.4, 0.5) is 24.5 Å². The van der Waals surface area contributed by atoms with Gasteiger partial charge in [-0.2, -0.15) is 13.2 Å². The maximum Gasteiger partial charge on any atom is 0.416 e. The van der Waals surface area contributed by atoms with Crippen LogP contribution in [0.25, 0.3) is 0 Å². The molecule has 0 fully saturated rings. The largest absolute Gasteiger partial charge is 0.493 e. The summed E-state index contributed by atoms with van der Waals surface area (Å²) in [4.78, 5) is 25.0. The fourth-order valence-corrected chi connectivity index (χ4v) is 3.55. The van der Waals surface area contributed by atoms with E-state index in [4.69, 9.17) is 17.0 Å². The summed E-state index contributed by atoms with van der Waals surface area (Å²) in [7, 11) is 0. The number of ether oxygens (including phenoxy) is 1. The normalized spacial score (nSPS) is 10.9. The molecule has 3 aromatic carbocycles. The van der Waals surface area contributed by atoms with Gasteiger partial charge in [0.25, 0.3) is 11.8 Å². The van der Waals surface area contributed by atoms with E-state index in [1.807, 2.05) is 0 Å². The highest BCUT2D eigenvalue weighted by atomic mass is 79.9. The lowest BCUT2D eigenvalue weighted by molar-refractivity contribution is -0.137. The molecule has 0 radical (unpaired) electrons. The molecule has 6 nitrogen and oxygen atoms in total. The molecule has 0 saturated heterocycles. The van der Waals surface area contributed by atoms with Gasteiger partial charge in [0.1, 0.15) is 5.75 Å². The first-order valence-corrected chi connectivity index (χ1v) is 11.4. The van der Waals surface area contributed by atoms with Crippen LogP contribution >= 0.6 is 28.1 Å². The maximum atomic E-state index is 12.9. The zero-order valence-electron chi connectivity index (χ0n) is 18.2. The lowest BCUT2D eigenvalue weighted by Gasteiger charge is -2.13. The number of anilines is 2. The molecule has 35 heavy (non-hydrogen) atoms. The highest BCUT2D eigenvalue weighted by Gasteiger charge is 2.30. The number of halogens is 4. The summed E-state index contributed by atoms with van der Waals surface area (Å²) in [5.74, 6) is -0.638. The Hall–Kier alpha value is -3.44. The predicted octanol–water partition coefficient (Wildman–Crippen LogP) is 6.25. The van der Waals surface area contributed by atoms with Gasteiger partial charge in [0.2, 0.25) is 0 Å².